The number of hydrogen-bond donors (Lipinski definition) is 0. The molecule has 1 radical (unpaired) electrons. The van der Waals surface area contributed by atoms with Crippen molar-refractivity contribution in [3.05, 3.63) is 243 Å². The molecule has 0 aliphatic carbocycles. The summed E-state index contributed by atoms with van der Waals surface area (Å²) in [6.07, 6.45) is 7.71. The zero-order chi connectivity index (χ0) is 48.2. The Kier molecular flexibility index (Phi) is 19.2. The number of benzene rings is 6. The Labute approximate surface area is 424 Å². The second-order valence-corrected chi connectivity index (χ2v) is 15.2. The zero-order valence-corrected chi connectivity index (χ0v) is 41.4. The van der Waals surface area contributed by atoms with Crippen LogP contribution in [0.5, 0.6) is 0 Å². The zero-order valence-electron chi connectivity index (χ0n) is 39.0. The van der Waals surface area contributed by atoms with E-state index in [0.29, 0.717) is 12.8 Å². The van der Waals surface area contributed by atoms with Crippen LogP contribution in [0.1, 0.15) is 33.6 Å². The first-order valence-corrected chi connectivity index (χ1v) is 22.6. The molecule has 0 bridgehead atoms. The summed E-state index contributed by atoms with van der Waals surface area (Å²) in [5.41, 5.74) is 10.3. The fourth-order valence-corrected chi connectivity index (χ4v) is 7.17. The van der Waals surface area contributed by atoms with E-state index in [9.17, 15) is 14.4 Å². The van der Waals surface area contributed by atoms with E-state index in [-0.39, 0.29) is 37.8 Å². The fraction of sp³-hybridized carbons (Fsp3) is 0.0833. The van der Waals surface area contributed by atoms with Crippen molar-refractivity contribution in [2.24, 2.45) is 0 Å². The summed E-state index contributed by atoms with van der Waals surface area (Å²) < 4.78 is 0. The largest absolute Gasteiger partial charge is 0.347 e. The summed E-state index contributed by atoms with van der Waals surface area (Å²) in [5.74, 6) is 0.0283. The number of para-hydroxylation sites is 3. The predicted octanol–water partition coefficient (Wildman–Crippen LogP) is 13.7. The Morgan fingerprint density at radius 3 is 0.957 bits per heavy atom. The van der Waals surface area contributed by atoms with Gasteiger partial charge in [-0.1, -0.05) is 105 Å². The minimum atomic E-state index is -0.0739. The number of carbonyl (C=O) groups excluding carboxylic acids is 3. The minimum absolute atomic E-state index is 0. The molecule has 9 nitrogen and oxygen atoms in total. The standard InChI is InChI=1S/2C20H17N2O.C20H16N2O.Ir/c3*1-2-20(23)22(17-8-4-3-5-9-17)18-13-11-16(12-14-18)19-10-6-7-15-21-19;/h2*3-11,13-15H,2H2,1H3;2-11,13-15H,1H3;/q2*-1;-2;. The van der Waals surface area contributed by atoms with E-state index in [1.807, 2.05) is 214 Å². The number of hydrogen-bond acceptors (Lipinski definition) is 6. The molecule has 0 unspecified atom stereocenters. The van der Waals surface area contributed by atoms with Gasteiger partial charge < -0.3 is 40.9 Å². The van der Waals surface area contributed by atoms with Crippen molar-refractivity contribution in [3.63, 3.8) is 0 Å². The average Bonchev–Trinajstić information content (AvgIpc) is 3.43. The summed E-state index contributed by atoms with van der Waals surface area (Å²) in [7, 11) is 0. The molecule has 3 heterocycles. The molecular weight excluding hydrogens is 1040 g/mol. The molecule has 351 valence electrons. The van der Waals surface area contributed by atoms with E-state index in [4.69, 9.17) is 0 Å². The van der Waals surface area contributed by atoms with Gasteiger partial charge in [0.15, 0.2) is 0 Å². The Bertz CT molecular complexity index is 2640. The van der Waals surface area contributed by atoms with Crippen LogP contribution in [0, 0.1) is 24.6 Å². The van der Waals surface area contributed by atoms with Gasteiger partial charge in [0, 0.05) is 68.6 Å². The average molecular weight is 1100 g/mol. The molecule has 6 aromatic carbocycles. The fourth-order valence-electron chi connectivity index (χ4n) is 7.17. The van der Waals surface area contributed by atoms with Crippen LogP contribution in [0.3, 0.4) is 0 Å². The molecule has 0 spiro atoms. The van der Waals surface area contributed by atoms with Crippen LogP contribution in [0.4, 0.5) is 34.1 Å². The van der Waals surface area contributed by atoms with Gasteiger partial charge in [-0.15, -0.1) is 89.5 Å². The third-order valence-corrected chi connectivity index (χ3v) is 10.6. The molecule has 3 amide bonds. The van der Waals surface area contributed by atoms with E-state index < -0.39 is 0 Å². The summed E-state index contributed by atoms with van der Waals surface area (Å²) in [5, 5.41) is 0. The number of carbonyl (C=O) groups is 3. The molecule has 3 aromatic heterocycles. The molecule has 0 saturated heterocycles. The number of amides is 3. The molecule has 10 heteroatoms. The van der Waals surface area contributed by atoms with E-state index >= 15 is 0 Å². The van der Waals surface area contributed by atoms with Crippen LogP contribution in [0.25, 0.3) is 33.8 Å². The monoisotopic (exact) mass is 1100 g/mol. The van der Waals surface area contributed by atoms with Crippen molar-refractivity contribution in [3.8, 4) is 33.8 Å². The number of anilines is 6. The molecule has 9 aromatic rings. The van der Waals surface area contributed by atoms with Crippen molar-refractivity contribution in [2.45, 2.75) is 33.6 Å². The van der Waals surface area contributed by atoms with Gasteiger partial charge in [0.1, 0.15) is 0 Å². The SMILES string of the molecule is CCC(=O)N(c1c[c-]c(-c2ccccn2)cc1)c1ccccc1.CCC(=O)N(c1c[c-]c(-c2ccccn2)cc1)c1ccccc1.C[CH-]C(=O)N(c1c[c-]c(-c2ccccn2)cc1)c1ccccc1.[Ir]. The number of rotatable bonds is 12. The molecule has 0 aliphatic heterocycles. The summed E-state index contributed by atoms with van der Waals surface area (Å²) in [6.45, 7) is 5.47. The first-order chi connectivity index (χ1) is 33.9. The molecule has 0 saturated carbocycles. The first-order valence-electron chi connectivity index (χ1n) is 22.6. The third kappa shape index (κ3) is 13.4. The van der Waals surface area contributed by atoms with Crippen LogP contribution in [-0.4, -0.2) is 32.7 Å². The van der Waals surface area contributed by atoms with Gasteiger partial charge in [0.05, 0.1) is 5.91 Å². The predicted molar refractivity (Wildman–Crippen MR) is 277 cm³/mol. The van der Waals surface area contributed by atoms with E-state index in [0.717, 1.165) is 67.9 Å². The molecule has 9 rings (SSSR count). The van der Waals surface area contributed by atoms with Crippen LogP contribution >= 0.6 is 0 Å². The second-order valence-electron chi connectivity index (χ2n) is 15.2. The Morgan fingerprint density at radius 2 is 0.700 bits per heavy atom. The Morgan fingerprint density at radius 1 is 0.400 bits per heavy atom. The van der Waals surface area contributed by atoms with E-state index in [2.05, 4.69) is 33.2 Å². The van der Waals surface area contributed by atoms with Crippen molar-refractivity contribution in [1.82, 2.24) is 15.0 Å². The van der Waals surface area contributed by atoms with Gasteiger partial charge in [-0.3, -0.25) is 9.59 Å². The van der Waals surface area contributed by atoms with Crippen molar-refractivity contribution < 1.29 is 34.5 Å². The molecule has 0 atom stereocenters. The van der Waals surface area contributed by atoms with Crippen molar-refractivity contribution in [1.29, 1.82) is 0 Å². The number of nitrogens with zero attached hydrogens (tertiary/aromatic N) is 6. The summed E-state index contributed by atoms with van der Waals surface area (Å²) in [4.78, 5) is 55.1. The minimum Gasteiger partial charge on any atom is -0.347 e. The molecule has 70 heavy (non-hydrogen) atoms. The smallest absolute Gasteiger partial charge is 0.222 e. The van der Waals surface area contributed by atoms with E-state index in [1.165, 1.54) is 0 Å². The topological polar surface area (TPSA) is 99.6 Å². The summed E-state index contributed by atoms with van der Waals surface area (Å²) >= 11 is 0. The number of aromatic nitrogens is 3. The van der Waals surface area contributed by atoms with Gasteiger partial charge in [-0.2, -0.15) is 6.92 Å². The van der Waals surface area contributed by atoms with Crippen LogP contribution < -0.4 is 14.7 Å². The summed E-state index contributed by atoms with van der Waals surface area (Å²) in [6, 6.07) is 72.9. The Balaban J connectivity index is 0.000000171. The number of pyridine rings is 3. The first kappa shape index (κ1) is 51.1. The van der Waals surface area contributed by atoms with Crippen molar-refractivity contribution >= 4 is 51.8 Å². The second kappa shape index (κ2) is 26.3. The van der Waals surface area contributed by atoms with Gasteiger partial charge in [0.2, 0.25) is 11.8 Å². The quantitative estimate of drug-likeness (QED) is 0.113. The molecule has 0 fully saturated rings. The van der Waals surface area contributed by atoms with Crippen LogP contribution in [0.15, 0.2) is 219 Å². The van der Waals surface area contributed by atoms with Gasteiger partial charge in [-0.05, 0) is 88.7 Å². The van der Waals surface area contributed by atoms with Gasteiger partial charge in [0.25, 0.3) is 0 Å². The Hall–Kier alpha value is -8.30. The van der Waals surface area contributed by atoms with Gasteiger partial charge in [-0.25, -0.2) is 0 Å². The maximum Gasteiger partial charge on any atom is 0.222 e. The maximum absolute atomic E-state index is 12.4. The maximum atomic E-state index is 12.4. The molecule has 0 N–H and O–H groups in total. The normalized spacial score (nSPS) is 10.1. The molecular formula is C60H50IrN6O3-4. The van der Waals surface area contributed by atoms with Crippen molar-refractivity contribution in [2.75, 3.05) is 14.7 Å². The van der Waals surface area contributed by atoms with Crippen LogP contribution in [0.2, 0.25) is 0 Å². The molecule has 0 aliphatic rings. The van der Waals surface area contributed by atoms with Gasteiger partial charge >= 0.3 is 0 Å². The van der Waals surface area contributed by atoms with E-state index in [1.54, 1.807) is 46.6 Å². The van der Waals surface area contributed by atoms with Crippen LogP contribution in [-0.2, 0) is 34.5 Å². The third-order valence-electron chi connectivity index (χ3n) is 10.6.